The number of nitrogens with one attached hydrogen (secondary N) is 2. The van der Waals surface area contributed by atoms with E-state index in [2.05, 4.69) is 33.2 Å². The van der Waals surface area contributed by atoms with E-state index in [1.165, 1.54) is 30.0 Å². The Morgan fingerprint density at radius 3 is 2.59 bits per heavy atom. The summed E-state index contributed by atoms with van der Waals surface area (Å²) in [6, 6.07) is 12.2. The number of hydrogen-bond acceptors (Lipinski definition) is 4. The standard InChI is InChI=1S/C22H25N3O3S/c1-14(17-12-11-16-7-3-4-8-18(16)13-17)24-22(26)15(2)23-21-19-9-5-6-10-20(19)29(27,28)25-21/h5-6,9-15H,3-4,7-8H2,1-2H3,(H,23,25)(H,24,26)/t14?,15-/m0/s1. The summed E-state index contributed by atoms with van der Waals surface area (Å²) in [5.41, 5.74) is 4.35. The molecule has 1 heterocycles. The molecule has 1 amide bonds. The minimum absolute atomic E-state index is 0.148. The van der Waals surface area contributed by atoms with Crippen molar-refractivity contribution in [3.8, 4) is 0 Å². The Kier molecular flexibility index (Phi) is 5.17. The van der Waals surface area contributed by atoms with Gasteiger partial charge in [-0.2, -0.15) is 0 Å². The summed E-state index contributed by atoms with van der Waals surface area (Å²) in [6.45, 7) is 3.62. The Balaban J connectivity index is 1.48. The maximum absolute atomic E-state index is 12.7. The van der Waals surface area contributed by atoms with Gasteiger partial charge in [-0.3, -0.25) is 14.5 Å². The molecule has 0 saturated carbocycles. The van der Waals surface area contributed by atoms with Gasteiger partial charge < -0.3 is 5.32 Å². The van der Waals surface area contributed by atoms with Gasteiger partial charge in [0.1, 0.15) is 11.9 Å². The van der Waals surface area contributed by atoms with E-state index < -0.39 is 16.1 Å². The normalized spacial score (nSPS) is 20.3. The molecule has 0 spiro atoms. The summed E-state index contributed by atoms with van der Waals surface area (Å²) in [5.74, 6) is -0.0315. The highest BCUT2D eigenvalue weighted by molar-refractivity contribution is 7.90. The van der Waals surface area contributed by atoms with E-state index in [1.807, 2.05) is 6.92 Å². The molecular weight excluding hydrogens is 386 g/mol. The molecule has 2 aliphatic rings. The van der Waals surface area contributed by atoms with Crippen molar-refractivity contribution in [3.63, 3.8) is 0 Å². The fraction of sp³-hybridized carbons (Fsp3) is 0.364. The number of amides is 1. The molecule has 0 bridgehead atoms. The zero-order valence-electron chi connectivity index (χ0n) is 16.6. The predicted molar refractivity (Wildman–Crippen MR) is 112 cm³/mol. The third-order valence-electron chi connectivity index (χ3n) is 5.60. The van der Waals surface area contributed by atoms with Crippen LogP contribution in [0.15, 0.2) is 52.4 Å². The Labute approximate surface area is 171 Å². The van der Waals surface area contributed by atoms with Crippen LogP contribution in [0.2, 0.25) is 0 Å². The van der Waals surface area contributed by atoms with Crippen LogP contribution in [0.4, 0.5) is 0 Å². The van der Waals surface area contributed by atoms with Crippen LogP contribution in [0.5, 0.6) is 0 Å². The van der Waals surface area contributed by atoms with E-state index in [4.69, 9.17) is 0 Å². The first-order valence-corrected chi connectivity index (χ1v) is 11.5. The summed E-state index contributed by atoms with van der Waals surface area (Å²) in [7, 11) is -3.61. The second kappa shape index (κ2) is 7.63. The summed E-state index contributed by atoms with van der Waals surface area (Å²) in [5, 5.41) is 3.00. The molecule has 4 rings (SSSR count). The second-order valence-electron chi connectivity index (χ2n) is 7.72. The van der Waals surface area contributed by atoms with Crippen LogP contribution in [-0.4, -0.2) is 26.2 Å². The molecule has 1 aliphatic heterocycles. The maximum Gasteiger partial charge on any atom is 0.263 e. The molecule has 2 aromatic rings. The van der Waals surface area contributed by atoms with E-state index in [1.54, 1.807) is 25.1 Å². The molecule has 1 aliphatic carbocycles. The minimum Gasteiger partial charge on any atom is -0.348 e. The lowest BCUT2D eigenvalue weighted by atomic mass is 9.89. The van der Waals surface area contributed by atoms with Gasteiger partial charge in [0.05, 0.1) is 10.9 Å². The van der Waals surface area contributed by atoms with Crippen molar-refractivity contribution in [2.75, 3.05) is 0 Å². The SMILES string of the molecule is CC(NC(=O)[C@H](C)N=C1NS(=O)(=O)c2ccccc21)c1ccc2c(c1)CCCC2. The number of benzene rings is 2. The van der Waals surface area contributed by atoms with Crippen LogP contribution < -0.4 is 10.0 Å². The lowest BCUT2D eigenvalue weighted by Crippen LogP contribution is -2.35. The van der Waals surface area contributed by atoms with Crippen LogP contribution in [0.1, 0.15) is 55.0 Å². The van der Waals surface area contributed by atoms with Crippen LogP contribution in [0.3, 0.4) is 0 Å². The first-order valence-electron chi connectivity index (χ1n) is 9.97. The molecular formula is C22H25N3O3S. The molecule has 2 atom stereocenters. The average molecular weight is 412 g/mol. The van der Waals surface area contributed by atoms with Gasteiger partial charge in [-0.15, -0.1) is 0 Å². The second-order valence-corrected chi connectivity index (χ2v) is 9.37. The number of sulfonamides is 1. The van der Waals surface area contributed by atoms with Gasteiger partial charge in [-0.25, -0.2) is 8.42 Å². The smallest absolute Gasteiger partial charge is 0.263 e. The Morgan fingerprint density at radius 2 is 1.79 bits per heavy atom. The molecule has 2 N–H and O–H groups in total. The molecule has 152 valence electrons. The Bertz CT molecular complexity index is 1090. The van der Waals surface area contributed by atoms with Gasteiger partial charge >= 0.3 is 0 Å². The molecule has 6 nitrogen and oxygen atoms in total. The molecule has 1 unspecified atom stereocenters. The molecule has 0 saturated heterocycles. The van der Waals surface area contributed by atoms with Gasteiger partial charge in [0.25, 0.3) is 10.0 Å². The Hall–Kier alpha value is -2.67. The van der Waals surface area contributed by atoms with E-state index in [0.717, 1.165) is 18.4 Å². The predicted octanol–water partition coefficient (Wildman–Crippen LogP) is 2.87. The highest BCUT2D eigenvalue weighted by atomic mass is 32.2. The van der Waals surface area contributed by atoms with Gasteiger partial charge in [0.2, 0.25) is 5.91 Å². The number of nitrogens with zero attached hydrogens (tertiary/aromatic N) is 1. The fourth-order valence-corrected chi connectivity index (χ4v) is 5.16. The zero-order valence-corrected chi connectivity index (χ0v) is 17.4. The van der Waals surface area contributed by atoms with E-state index in [0.29, 0.717) is 5.56 Å². The minimum atomic E-state index is -3.61. The number of amidine groups is 1. The van der Waals surface area contributed by atoms with E-state index in [-0.39, 0.29) is 22.7 Å². The summed E-state index contributed by atoms with van der Waals surface area (Å²) in [4.78, 5) is 17.2. The molecule has 29 heavy (non-hydrogen) atoms. The van der Waals surface area contributed by atoms with Crippen LogP contribution in [0, 0.1) is 0 Å². The number of aryl methyl sites for hydroxylation is 2. The van der Waals surface area contributed by atoms with Crippen molar-refractivity contribution in [1.82, 2.24) is 10.0 Å². The van der Waals surface area contributed by atoms with Gasteiger partial charge in [-0.1, -0.05) is 30.3 Å². The topological polar surface area (TPSA) is 87.6 Å². The lowest BCUT2D eigenvalue weighted by Gasteiger charge is -2.21. The van der Waals surface area contributed by atoms with Crippen molar-refractivity contribution in [3.05, 3.63) is 64.7 Å². The van der Waals surface area contributed by atoms with E-state index >= 15 is 0 Å². The van der Waals surface area contributed by atoms with Crippen molar-refractivity contribution in [2.24, 2.45) is 4.99 Å². The number of carbonyl (C=O) groups is 1. The molecule has 0 aromatic heterocycles. The van der Waals surface area contributed by atoms with Crippen LogP contribution in [-0.2, 0) is 27.7 Å². The highest BCUT2D eigenvalue weighted by Gasteiger charge is 2.31. The van der Waals surface area contributed by atoms with Gasteiger partial charge in [0.15, 0.2) is 0 Å². The summed E-state index contributed by atoms with van der Waals surface area (Å²) >= 11 is 0. The van der Waals surface area contributed by atoms with Crippen molar-refractivity contribution in [2.45, 2.75) is 56.5 Å². The van der Waals surface area contributed by atoms with Gasteiger partial charge in [0, 0.05) is 5.56 Å². The highest BCUT2D eigenvalue weighted by Crippen LogP contribution is 2.25. The third kappa shape index (κ3) is 3.92. The number of rotatable bonds is 4. The quantitative estimate of drug-likeness (QED) is 0.811. The number of carbonyl (C=O) groups excluding carboxylic acids is 1. The van der Waals surface area contributed by atoms with Gasteiger partial charge in [-0.05, 0) is 68.4 Å². The zero-order chi connectivity index (χ0) is 20.6. The molecule has 2 aromatic carbocycles. The fourth-order valence-electron chi connectivity index (χ4n) is 3.92. The van der Waals surface area contributed by atoms with Crippen molar-refractivity contribution < 1.29 is 13.2 Å². The number of hydrogen-bond donors (Lipinski definition) is 2. The third-order valence-corrected chi connectivity index (χ3v) is 6.99. The van der Waals surface area contributed by atoms with Crippen LogP contribution in [0.25, 0.3) is 0 Å². The molecule has 0 radical (unpaired) electrons. The lowest BCUT2D eigenvalue weighted by molar-refractivity contribution is -0.122. The maximum atomic E-state index is 12.7. The monoisotopic (exact) mass is 411 g/mol. The largest absolute Gasteiger partial charge is 0.348 e. The number of fused-ring (bicyclic) bond motifs is 2. The number of aliphatic imine (C=N–C) groups is 1. The summed E-state index contributed by atoms with van der Waals surface area (Å²) in [6.07, 6.45) is 4.67. The first kappa shape index (κ1) is 19.6. The molecule has 0 fully saturated rings. The molecule has 7 heteroatoms. The average Bonchev–Trinajstić information content (AvgIpc) is 2.97. The Morgan fingerprint density at radius 1 is 1.07 bits per heavy atom. The van der Waals surface area contributed by atoms with Crippen molar-refractivity contribution >= 4 is 21.8 Å². The summed E-state index contributed by atoms with van der Waals surface area (Å²) < 4.78 is 26.8. The van der Waals surface area contributed by atoms with Crippen LogP contribution >= 0.6 is 0 Å². The van der Waals surface area contributed by atoms with Crippen molar-refractivity contribution in [1.29, 1.82) is 0 Å². The van der Waals surface area contributed by atoms with E-state index in [9.17, 15) is 13.2 Å². The first-order chi connectivity index (χ1) is 13.8.